The Hall–Kier alpha value is -3.16. The summed E-state index contributed by atoms with van der Waals surface area (Å²) < 4.78 is 0. The highest BCUT2D eigenvalue weighted by Crippen LogP contribution is 2.31. The van der Waals surface area contributed by atoms with Crippen molar-refractivity contribution in [1.82, 2.24) is 0 Å². The zero-order valence-electron chi connectivity index (χ0n) is 11.7. The van der Waals surface area contributed by atoms with Gasteiger partial charge in [0, 0.05) is 6.07 Å². The Morgan fingerprint density at radius 3 is 2.27 bits per heavy atom. The van der Waals surface area contributed by atoms with Crippen LogP contribution < -0.4 is 0 Å². The number of aryl methyl sites for hydroxylation is 1. The molecular weight excluding hydrogens is 288 g/mol. The first kappa shape index (κ1) is 15.2. The fourth-order valence-electron chi connectivity index (χ4n) is 1.74. The van der Waals surface area contributed by atoms with E-state index in [0.29, 0.717) is 0 Å². The maximum absolute atomic E-state index is 10.9. The van der Waals surface area contributed by atoms with Crippen LogP contribution >= 0.6 is 0 Å². The van der Waals surface area contributed by atoms with Gasteiger partial charge in [-0.05, 0) is 18.6 Å². The minimum Gasteiger partial charge on any atom is -0.258 e. The summed E-state index contributed by atoms with van der Waals surface area (Å²) in [5.41, 5.74) is 1.22. The summed E-state index contributed by atoms with van der Waals surface area (Å²) in [6.07, 6.45) is 0. The molecule has 2 aromatic carbocycles. The van der Waals surface area contributed by atoms with E-state index >= 15 is 0 Å². The summed E-state index contributed by atoms with van der Waals surface area (Å²) in [6.45, 7) is 2.24. The predicted octanol–water partition coefficient (Wildman–Crippen LogP) is 4.10. The van der Waals surface area contributed by atoms with Crippen LogP contribution in [-0.4, -0.2) is 9.85 Å². The molecule has 0 amide bonds. The molecule has 2 aromatic rings. The van der Waals surface area contributed by atoms with Crippen molar-refractivity contribution in [3.8, 4) is 0 Å². The van der Waals surface area contributed by atoms with E-state index in [1.165, 1.54) is 6.07 Å². The van der Waals surface area contributed by atoms with Crippen molar-refractivity contribution in [2.75, 3.05) is 0 Å². The summed E-state index contributed by atoms with van der Waals surface area (Å²) in [5.74, 6) is 0. The first-order valence-electron chi connectivity index (χ1n) is 6.33. The Balaban J connectivity index is 2.21. The van der Waals surface area contributed by atoms with Crippen LogP contribution in [-0.2, 0) is 6.54 Å². The molecule has 0 atom stereocenters. The highest BCUT2D eigenvalue weighted by Gasteiger charge is 2.19. The van der Waals surface area contributed by atoms with E-state index in [4.69, 9.17) is 0 Å². The first-order chi connectivity index (χ1) is 10.5. The zero-order valence-corrected chi connectivity index (χ0v) is 11.7. The van der Waals surface area contributed by atoms with E-state index in [0.717, 1.165) is 23.3 Å². The largest absolute Gasteiger partial charge is 0.303 e. The van der Waals surface area contributed by atoms with E-state index in [2.05, 4.69) is 10.2 Å². The first-order valence-corrected chi connectivity index (χ1v) is 6.33. The Bertz CT molecular complexity index is 741. The van der Waals surface area contributed by atoms with Crippen molar-refractivity contribution in [2.24, 2.45) is 10.2 Å². The minimum atomic E-state index is -0.715. The molecule has 0 radical (unpaired) electrons. The second kappa shape index (κ2) is 6.53. The number of hydrogen-bond acceptors (Lipinski definition) is 6. The normalized spacial score (nSPS) is 10.8. The fourth-order valence-corrected chi connectivity index (χ4v) is 1.74. The number of benzene rings is 2. The second-order valence-electron chi connectivity index (χ2n) is 4.57. The Morgan fingerprint density at radius 2 is 1.68 bits per heavy atom. The molecule has 0 aliphatic carbocycles. The monoisotopic (exact) mass is 300 g/mol. The van der Waals surface area contributed by atoms with Crippen LogP contribution in [0.1, 0.15) is 11.1 Å². The maximum Gasteiger partial charge on any atom is 0.303 e. The molecular formula is C14H12N4O4. The summed E-state index contributed by atoms with van der Waals surface area (Å²) >= 11 is 0. The molecule has 22 heavy (non-hydrogen) atoms. The van der Waals surface area contributed by atoms with Gasteiger partial charge < -0.3 is 0 Å². The van der Waals surface area contributed by atoms with E-state index in [9.17, 15) is 20.2 Å². The van der Waals surface area contributed by atoms with Crippen LogP contribution in [0.25, 0.3) is 0 Å². The highest BCUT2D eigenvalue weighted by molar-refractivity contribution is 5.61. The Morgan fingerprint density at radius 1 is 1.00 bits per heavy atom. The topological polar surface area (TPSA) is 111 Å². The van der Waals surface area contributed by atoms with Crippen molar-refractivity contribution >= 4 is 17.1 Å². The summed E-state index contributed by atoms with van der Waals surface area (Å²) in [5, 5.41) is 29.3. The summed E-state index contributed by atoms with van der Waals surface area (Å²) in [7, 11) is 0. The number of non-ortho nitro benzene ring substituents is 1. The van der Waals surface area contributed by atoms with Gasteiger partial charge in [0.25, 0.3) is 5.69 Å². The third-order valence-corrected chi connectivity index (χ3v) is 2.92. The van der Waals surface area contributed by atoms with Gasteiger partial charge in [0.15, 0.2) is 5.69 Å². The molecule has 8 nitrogen and oxygen atoms in total. The predicted molar refractivity (Wildman–Crippen MR) is 79.1 cm³/mol. The maximum atomic E-state index is 10.9. The van der Waals surface area contributed by atoms with E-state index in [-0.39, 0.29) is 17.9 Å². The van der Waals surface area contributed by atoms with Gasteiger partial charge in [-0.25, -0.2) is 0 Å². The van der Waals surface area contributed by atoms with Crippen LogP contribution in [0.2, 0.25) is 0 Å². The lowest BCUT2D eigenvalue weighted by molar-refractivity contribution is -0.393. The van der Waals surface area contributed by atoms with Crippen molar-refractivity contribution in [1.29, 1.82) is 0 Å². The van der Waals surface area contributed by atoms with E-state index in [1.807, 2.05) is 31.2 Å². The van der Waals surface area contributed by atoms with Crippen molar-refractivity contribution in [3.05, 3.63) is 73.8 Å². The summed E-state index contributed by atoms with van der Waals surface area (Å²) in [4.78, 5) is 20.2. The quantitative estimate of drug-likeness (QED) is 0.470. The molecule has 0 N–H and O–H groups in total. The molecule has 0 unspecified atom stereocenters. The van der Waals surface area contributed by atoms with Gasteiger partial charge in [0.1, 0.15) is 0 Å². The number of nitrogens with zero attached hydrogens (tertiary/aromatic N) is 4. The second-order valence-corrected chi connectivity index (χ2v) is 4.57. The standard InChI is InChI=1S/C14H12N4O4/c1-10-2-4-11(5-3-10)9-15-16-13-7-6-12(17(19)20)8-14(13)18(21)22/h2-8H,9H2,1H3. The number of nitro groups is 2. The Labute approximate surface area is 125 Å². The van der Waals surface area contributed by atoms with Gasteiger partial charge in [-0.3, -0.25) is 20.2 Å². The molecule has 0 saturated carbocycles. The third-order valence-electron chi connectivity index (χ3n) is 2.92. The molecule has 0 bridgehead atoms. The van der Waals surface area contributed by atoms with E-state index in [1.54, 1.807) is 0 Å². The molecule has 0 aromatic heterocycles. The van der Waals surface area contributed by atoms with Gasteiger partial charge in [0.05, 0.1) is 22.5 Å². The summed E-state index contributed by atoms with van der Waals surface area (Å²) in [6, 6.07) is 10.9. The van der Waals surface area contributed by atoms with Gasteiger partial charge in [-0.1, -0.05) is 29.8 Å². The SMILES string of the molecule is Cc1ccc(CN=Nc2ccc([N+](=O)[O-])cc2[N+](=O)[O-])cc1. The number of hydrogen-bond donors (Lipinski definition) is 0. The van der Waals surface area contributed by atoms with Crippen molar-refractivity contribution < 1.29 is 9.85 Å². The van der Waals surface area contributed by atoms with Crippen LogP contribution in [0.4, 0.5) is 17.1 Å². The molecule has 0 fully saturated rings. The molecule has 0 aliphatic heterocycles. The molecule has 0 heterocycles. The van der Waals surface area contributed by atoms with Gasteiger partial charge >= 0.3 is 5.69 Å². The molecule has 8 heteroatoms. The lowest BCUT2D eigenvalue weighted by atomic mass is 10.2. The third kappa shape index (κ3) is 3.69. The Kier molecular flexibility index (Phi) is 4.52. The molecule has 0 saturated heterocycles. The number of nitro benzene ring substituents is 2. The van der Waals surface area contributed by atoms with Gasteiger partial charge in [-0.15, -0.1) is 5.11 Å². The average Bonchev–Trinajstić information content (AvgIpc) is 2.49. The van der Waals surface area contributed by atoms with Crippen molar-refractivity contribution in [2.45, 2.75) is 13.5 Å². The average molecular weight is 300 g/mol. The number of azo groups is 1. The fraction of sp³-hybridized carbons (Fsp3) is 0.143. The van der Waals surface area contributed by atoms with Crippen LogP contribution in [0.5, 0.6) is 0 Å². The van der Waals surface area contributed by atoms with Gasteiger partial charge in [-0.2, -0.15) is 5.11 Å². The van der Waals surface area contributed by atoms with Crippen LogP contribution in [0.15, 0.2) is 52.7 Å². The minimum absolute atomic E-state index is 0.0114. The number of rotatable bonds is 5. The van der Waals surface area contributed by atoms with E-state index < -0.39 is 15.5 Å². The lowest BCUT2D eigenvalue weighted by Gasteiger charge is -1.98. The van der Waals surface area contributed by atoms with Crippen molar-refractivity contribution in [3.63, 3.8) is 0 Å². The molecule has 0 aliphatic rings. The smallest absolute Gasteiger partial charge is 0.258 e. The molecule has 2 rings (SSSR count). The highest BCUT2D eigenvalue weighted by atomic mass is 16.6. The molecule has 0 spiro atoms. The van der Waals surface area contributed by atoms with Crippen LogP contribution in [0.3, 0.4) is 0 Å². The van der Waals surface area contributed by atoms with Gasteiger partial charge in [0.2, 0.25) is 0 Å². The van der Waals surface area contributed by atoms with Crippen LogP contribution in [0, 0.1) is 27.2 Å². The zero-order chi connectivity index (χ0) is 16.1. The lowest BCUT2D eigenvalue weighted by Crippen LogP contribution is -1.92. The molecule has 112 valence electrons.